The molecule has 1 aromatic rings. The van der Waals surface area contributed by atoms with Gasteiger partial charge in [0.15, 0.2) is 5.75 Å². The summed E-state index contributed by atoms with van der Waals surface area (Å²) in [6, 6.07) is 0.992. The van der Waals surface area contributed by atoms with Crippen molar-refractivity contribution in [3.63, 3.8) is 0 Å². The Kier molecular flexibility index (Phi) is 3.44. The number of hydrogen-bond donors (Lipinski definition) is 4. The van der Waals surface area contributed by atoms with Crippen LogP contribution < -0.4 is 10.6 Å². The molecule has 0 unspecified atom stereocenters. The van der Waals surface area contributed by atoms with E-state index in [0.29, 0.717) is 0 Å². The van der Waals surface area contributed by atoms with Crippen molar-refractivity contribution in [1.29, 1.82) is 0 Å². The molecule has 1 heterocycles. The summed E-state index contributed by atoms with van der Waals surface area (Å²) >= 11 is 0. The molecule has 4 amide bonds. The number of nitrogens with zero attached hydrogens (tertiary/aromatic N) is 1. The van der Waals surface area contributed by atoms with Crippen molar-refractivity contribution in [2.24, 2.45) is 5.92 Å². The summed E-state index contributed by atoms with van der Waals surface area (Å²) < 4.78 is 0. The fourth-order valence-electron chi connectivity index (χ4n) is 1.89. The first-order valence-corrected chi connectivity index (χ1v) is 5.64. The molecule has 4 N–H and O–H groups in total. The van der Waals surface area contributed by atoms with Gasteiger partial charge in [0, 0.05) is 6.07 Å². The highest BCUT2D eigenvalue weighted by Gasteiger charge is 2.34. The second kappa shape index (κ2) is 5.07. The Morgan fingerprint density at radius 1 is 1.14 bits per heavy atom. The van der Waals surface area contributed by atoms with Crippen molar-refractivity contribution in [3.05, 3.63) is 27.8 Å². The van der Waals surface area contributed by atoms with E-state index in [4.69, 9.17) is 0 Å². The first-order valence-electron chi connectivity index (χ1n) is 5.64. The molecule has 0 bridgehead atoms. The molecular weight excluding hydrogens is 286 g/mol. The predicted octanol–water partition coefficient (Wildman–Crippen LogP) is -0.469. The maximum absolute atomic E-state index is 11.6. The molecule has 0 aliphatic carbocycles. The van der Waals surface area contributed by atoms with E-state index in [0.717, 1.165) is 12.1 Å². The highest BCUT2D eigenvalue weighted by Crippen LogP contribution is 2.36. The number of hydrogen-bond acceptors (Lipinski definition) is 7. The van der Waals surface area contributed by atoms with E-state index in [9.17, 15) is 34.7 Å². The highest BCUT2D eigenvalue weighted by molar-refractivity contribution is 6.16. The maximum Gasteiger partial charge on any atom is 0.328 e. The van der Waals surface area contributed by atoms with Crippen LogP contribution in [-0.4, -0.2) is 33.0 Å². The summed E-state index contributed by atoms with van der Waals surface area (Å²) in [5.41, 5.74) is -0.667. The predicted molar refractivity (Wildman–Crippen MR) is 65.3 cm³/mol. The van der Waals surface area contributed by atoms with Crippen molar-refractivity contribution in [1.82, 2.24) is 10.6 Å². The number of amides is 4. The van der Waals surface area contributed by atoms with E-state index in [1.807, 2.05) is 10.6 Å². The Labute approximate surface area is 116 Å². The Morgan fingerprint density at radius 3 is 2.24 bits per heavy atom. The number of imide groups is 2. The summed E-state index contributed by atoms with van der Waals surface area (Å²) in [6.07, 6.45) is -0.278. The number of carbonyl (C=O) groups is 3. The number of nitrogens with one attached hydrogen (secondary N) is 2. The van der Waals surface area contributed by atoms with E-state index >= 15 is 0 Å². The molecule has 1 aliphatic rings. The average molecular weight is 295 g/mol. The molecule has 2 rings (SSSR count). The standard InChI is InChI=1S/C11H9N3O7/c15-7-3-4(2-6(8(7)16)14(20)21)1-5-9(17)12-11(19)13-10(5)18/h2-3,5,15-16H,1H2,(H2,12,13,17,18,19). The van der Waals surface area contributed by atoms with Crippen LogP contribution in [0.2, 0.25) is 0 Å². The Hall–Kier alpha value is -3.17. The van der Waals surface area contributed by atoms with Crippen LogP contribution in [0.15, 0.2) is 12.1 Å². The summed E-state index contributed by atoms with van der Waals surface area (Å²) in [5, 5.41) is 33.3. The lowest BCUT2D eigenvalue weighted by Crippen LogP contribution is -2.56. The number of benzene rings is 1. The van der Waals surface area contributed by atoms with Gasteiger partial charge in [0.05, 0.1) is 4.92 Å². The zero-order valence-corrected chi connectivity index (χ0v) is 10.3. The Morgan fingerprint density at radius 2 is 1.71 bits per heavy atom. The van der Waals surface area contributed by atoms with Crippen molar-refractivity contribution in [3.8, 4) is 11.5 Å². The van der Waals surface area contributed by atoms with Gasteiger partial charge in [-0.2, -0.15) is 0 Å². The normalized spacial score (nSPS) is 15.5. The van der Waals surface area contributed by atoms with E-state index in [2.05, 4.69) is 0 Å². The van der Waals surface area contributed by atoms with Crippen molar-refractivity contribution in [2.45, 2.75) is 6.42 Å². The van der Waals surface area contributed by atoms with Crippen LogP contribution in [0.4, 0.5) is 10.5 Å². The van der Waals surface area contributed by atoms with Crippen LogP contribution in [0, 0.1) is 16.0 Å². The van der Waals surface area contributed by atoms with Crippen LogP contribution in [0.1, 0.15) is 5.56 Å². The van der Waals surface area contributed by atoms with Gasteiger partial charge in [0.2, 0.25) is 17.6 Å². The number of nitro groups is 1. The van der Waals surface area contributed by atoms with Crippen molar-refractivity contribution in [2.75, 3.05) is 0 Å². The fourth-order valence-corrected chi connectivity index (χ4v) is 1.89. The molecule has 0 spiro atoms. The molecule has 0 aromatic heterocycles. The minimum atomic E-state index is -1.27. The first-order chi connectivity index (χ1) is 9.79. The molecule has 1 aromatic carbocycles. The number of urea groups is 1. The maximum atomic E-state index is 11.6. The quantitative estimate of drug-likeness (QED) is 0.254. The van der Waals surface area contributed by atoms with Gasteiger partial charge < -0.3 is 10.2 Å². The molecule has 110 valence electrons. The third-order valence-electron chi connectivity index (χ3n) is 2.87. The second-order valence-electron chi connectivity index (χ2n) is 4.30. The summed E-state index contributed by atoms with van der Waals surface area (Å²) in [5.74, 6) is -4.62. The van der Waals surface area contributed by atoms with Gasteiger partial charge in [0.25, 0.3) is 0 Å². The van der Waals surface area contributed by atoms with Crippen molar-refractivity contribution < 1.29 is 29.5 Å². The third-order valence-corrected chi connectivity index (χ3v) is 2.87. The number of phenols is 2. The molecular formula is C11H9N3O7. The Bertz CT molecular complexity index is 650. The van der Waals surface area contributed by atoms with Gasteiger partial charge in [-0.3, -0.25) is 30.3 Å². The van der Waals surface area contributed by atoms with Crippen molar-refractivity contribution >= 4 is 23.5 Å². The SMILES string of the molecule is O=C1NC(=O)C(Cc2cc(O)c(O)c([N+](=O)[O-])c2)C(=O)N1. The van der Waals surface area contributed by atoms with E-state index < -0.39 is 45.9 Å². The molecule has 1 aliphatic heterocycles. The lowest BCUT2D eigenvalue weighted by Gasteiger charge is -2.20. The van der Waals surface area contributed by atoms with Gasteiger partial charge in [-0.15, -0.1) is 0 Å². The van der Waals surface area contributed by atoms with Crippen LogP contribution in [0.3, 0.4) is 0 Å². The van der Waals surface area contributed by atoms with E-state index in [-0.39, 0.29) is 12.0 Å². The smallest absolute Gasteiger partial charge is 0.328 e. The van der Waals surface area contributed by atoms with Crippen LogP contribution in [0.25, 0.3) is 0 Å². The lowest BCUT2D eigenvalue weighted by atomic mass is 9.96. The minimum absolute atomic E-state index is 0.0849. The second-order valence-corrected chi connectivity index (χ2v) is 4.30. The molecule has 1 fully saturated rings. The topological polar surface area (TPSA) is 159 Å². The fraction of sp³-hybridized carbons (Fsp3) is 0.182. The lowest BCUT2D eigenvalue weighted by molar-refractivity contribution is -0.386. The Balaban J connectivity index is 2.31. The number of barbiturate groups is 1. The number of rotatable bonds is 3. The zero-order chi connectivity index (χ0) is 15.7. The summed E-state index contributed by atoms with van der Waals surface area (Å²) in [4.78, 5) is 43.8. The monoisotopic (exact) mass is 295 g/mol. The highest BCUT2D eigenvalue weighted by atomic mass is 16.6. The minimum Gasteiger partial charge on any atom is -0.504 e. The van der Waals surface area contributed by atoms with Gasteiger partial charge in [-0.25, -0.2) is 4.79 Å². The van der Waals surface area contributed by atoms with Crippen LogP contribution in [0.5, 0.6) is 11.5 Å². The number of nitro benzene ring substituents is 1. The van der Waals surface area contributed by atoms with Gasteiger partial charge in [0.1, 0.15) is 5.92 Å². The first kappa shape index (κ1) is 14.2. The molecule has 10 heteroatoms. The number of carbonyl (C=O) groups excluding carboxylic acids is 3. The van der Waals surface area contributed by atoms with Crippen LogP contribution >= 0.6 is 0 Å². The molecule has 10 nitrogen and oxygen atoms in total. The van der Waals surface area contributed by atoms with Gasteiger partial charge in [-0.1, -0.05) is 0 Å². The van der Waals surface area contributed by atoms with Gasteiger partial charge in [-0.05, 0) is 18.1 Å². The number of aromatic hydroxyl groups is 2. The number of phenolic OH excluding ortho intramolecular Hbond substituents is 2. The van der Waals surface area contributed by atoms with Gasteiger partial charge >= 0.3 is 11.7 Å². The van der Waals surface area contributed by atoms with Crippen LogP contribution in [-0.2, 0) is 16.0 Å². The summed E-state index contributed by atoms with van der Waals surface area (Å²) in [7, 11) is 0. The molecule has 21 heavy (non-hydrogen) atoms. The molecule has 0 radical (unpaired) electrons. The zero-order valence-electron chi connectivity index (χ0n) is 10.3. The third kappa shape index (κ3) is 2.73. The average Bonchev–Trinajstić information content (AvgIpc) is 2.37. The molecule has 0 atom stereocenters. The molecule has 0 saturated carbocycles. The largest absolute Gasteiger partial charge is 0.504 e. The van der Waals surface area contributed by atoms with E-state index in [1.165, 1.54) is 0 Å². The molecule has 1 saturated heterocycles. The van der Waals surface area contributed by atoms with E-state index in [1.54, 1.807) is 0 Å². The summed E-state index contributed by atoms with van der Waals surface area (Å²) in [6.45, 7) is 0.